The molecule has 0 aliphatic rings. The minimum atomic E-state index is -1.47. The van der Waals surface area contributed by atoms with Crippen LogP contribution in [0.4, 0.5) is 8.78 Å². The monoisotopic (exact) mass is 418 g/mol. The van der Waals surface area contributed by atoms with Crippen LogP contribution in [-0.2, 0) is 6.42 Å². The zero-order valence-electron chi connectivity index (χ0n) is 18.5. The Morgan fingerprint density at radius 2 is 1.47 bits per heavy atom. The number of aromatic nitrogens is 2. The first-order valence-corrected chi connectivity index (χ1v) is 11.5. The van der Waals surface area contributed by atoms with Crippen molar-refractivity contribution in [1.82, 2.24) is 9.97 Å². The van der Waals surface area contributed by atoms with Gasteiger partial charge in [0.1, 0.15) is 18.1 Å². The van der Waals surface area contributed by atoms with E-state index < -0.39 is 12.3 Å². The Bertz CT molecular complexity index is 691. The Hall–Kier alpha value is -2.04. The molecule has 1 heterocycles. The van der Waals surface area contributed by atoms with E-state index in [4.69, 9.17) is 4.74 Å². The lowest BCUT2D eigenvalue weighted by Crippen LogP contribution is -2.19. The van der Waals surface area contributed by atoms with Crippen molar-refractivity contribution < 1.29 is 13.5 Å². The molecule has 0 amide bonds. The van der Waals surface area contributed by atoms with Crippen molar-refractivity contribution in [2.75, 3.05) is 6.61 Å². The molecule has 0 aliphatic heterocycles. The summed E-state index contributed by atoms with van der Waals surface area (Å²) in [5.41, 5.74) is 2.08. The molecule has 2 aromatic rings. The fraction of sp³-hybridized carbons (Fsp3) is 0.600. The lowest BCUT2D eigenvalue weighted by atomic mass is 10.1. The van der Waals surface area contributed by atoms with E-state index >= 15 is 0 Å². The molecule has 0 N–H and O–H groups in total. The fourth-order valence-corrected chi connectivity index (χ4v) is 3.35. The Labute approximate surface area is 180 Å². The Balaban J connectivity index is 1.73. The van der Waals surface area contributed by atoms with E-state index in [0.29, 0.717) is 11.6 Å². The fourth-order valence-electron chi connectivity index (χ4n) is 3.35. The maximum absolute atomic E-state index is 13.5. The minimum Gasteiger partial charge on any atom is -0.493 e. The van der Waals surface area contributed by atoms with Crippen molar-refractivity contribution in [2.24, 2.45) is 0 Å². The molecule has 0 aliphatic carbocycles. The van der Waals surface area contributed by atoms with E-state index in [0.717, 1.165) is 12.0 Å². The molecular weight excluding hydrogens is 382 g/mol. The first kappa shape index (κ1) is 24.2. The molecular formula is C25H36F2N2O. The van der Waals surface area contributed by atoms with Gasteiger partial charge in [-0.05, 0) is 49.1 Å². The van der Waals surface area contributed by atoms with Crippen LogP contribution in [0.5, 0.6) is 5.75 Å². The van der Waals surface area contributed by atoms with Crippen LogP contribution in [0.25, 0.3) is 11.4 Å². The highest BCUT2D eigenvalue weighted by Crippen LogP contribution is 2.20. The van der Waals surface area contributed by atoms with Crippen LogP contribution in [0.1, 0.15) is 77.2 Å². The van der Waals surface area contributed by atoms with Crippen molar-refractivity contribution in [3.63, 3.8) is 0 Å². The normalized spacial score (nSPS) is 13.2. The second-order valence-corrected chi connectivity index (χ2v) is 7.89. The molecule has 0 spiro atoms. The van der Waals surface area contributed by atoms with Crippen LogP contribution in [-0.4, -0.2) is 28.9 Å². The van der Waals surface area contributed by atoms with Gasteiger partial charge in [0.2, 0.25) is 0 Å². The van der Waals surface area contributed by atoms with Crippen molar-refractivity contribution in [1.29, 1.82) is 0 Å². The number of aryl methyl sites for hydroxylation is 1. The second-order valence-electron chi connectivity index (χ2n) is 7.89. The SMILES string of the molecule is CCCCCCCCCc1cnc(-c2ccc(OCCC(F)C(F)CC)cc2)nc1. The minimum absolute atomic E-state index is 0.0556. The Morgan fingerprint density at radius 3 is 2.10 bits per heavy atom. The summed E-state index contributed by atoms with van der Waals surface area (Å²) in [5.74, 6) is 1.31. The number of rotatable bonds is 15. The van der Waals surface area contributed by atoms with E-state index in [1.54, 1.807) is 6.92 Å². The molecule has 3 nitrogen and oxygen atoms in total. The number of alkyl halides is 2. The molecule has 0 radical (unpaired) electrons. The maximum atomic E-state index is 13.5. The van der Waals surface area contributed by atoms with Gasteiger partial charge in [0, 0.05) is 24.4 Å². The van der Waals surface area contributed by atoms with Crippen molar-refractivity contribution in [3.8, 4) is 17.1 Å². The highest BCUT2D eigenvalue weighted by Gasteiger charge is 2.18. The summed E-state index contributed by atoms with van der Waals surface area (Å²) >= 11 is 0. The first-order chi connectivity index (χ1) is 14.6. The van der Waals surface area contributed by atoms with Crippen molar-refractivity contribution in [3.05, 3.63) is 42.2 Å². The molecule has 1 aromatic carbocycles. The quantitative estimate of drug-likeness (QED) is 0.285. The molecule has 5 heteroatoms. The predicted molar refractivity (Wildman–Crippen MR) is 119 cm³/mol. The molecule has 0 saturated carbocycles. The van der Waals surface area contributed by atoms with Gasteiger partial charge in [-0.15, -0.1) is 0 Å². The molecule has 1 aromatic heterocycles. The Kier molecular flexibility index (Phi) is 11.3. The highest BCUT2D eigenvalue weighted by atomic mass is 19.2. The number of halogens is 2. The number of unbranched alkanes of at least 4 members (excludes halogenated alkanes) is 6. The summed E-state index contributed by atoms with van der Waals surface area (Å²) < 4.78 is 32.2. The Morgan fingerprint density at radius 1 is 0.833 bits per heavy atom. The van der Waals surface area contributed by atoms with Crippen LogP contribution in [0.3, 0.4) is 0 Å². The summed E-state index contributed by atoms with van der Waals surface area (Å²) in [6, 6.07) is 7.39. The highest BCUT2D eigenvalue weighted by molar-refractivity contribution is 5.55. The van der Waals surface area contributed by atoms with Crippen LogP contribution in [0.15, 0.2) is 36.7 Å². The molecule has 166 valence electrons. The zero-order valence-corrected chi connectivity index (χ0v) is 18.5. The van der Waals surface area contributed by atoms with Crippen molar-refractivity contribution in [2.45, 2.75) is 90.4 Å². The standard InChI is InChI=1S/C25H36F2N2O/c1-3-5-6-7-8-9-10-11-20-18-28-25(29-19-20)21-12-14-22(15-13-21)30-17-16-24(27)23(26)4-2/h12-15,18-19,23-24H,3-11,16-17H2,1-2H3. The molecule has 2 rings (SSSR count). The van der Waals surface area contributed by atoms with Crippen LogP contribution >= 0.6 is 0 Å². The van der Waals surface area contributed by atoms with Gasteiger partial charge in [-0.1, -0.05) is 52.4 Å². The number of benzene rings is 1. The average Bonchev–Trinajstić information content (AvgIpc) is 2.78. The lowest BCUT2D eigenvalue weighted by molar-refractivity contribution is 0.133. The third kappa shape index (κ3) is 8.76. The molecule has 0 saturated heterocycles. The summed E-state index contributed by atoms with van der Waals surface area (Å²) in [6.07, 6.45) is 11.3. The van der Waals surface area contributed by atoms with Gasteiger partial charge in [-0.3, -0.25) is 0 Å². The van der Waals surface area contributed by atoms with Gasteiger partial charge < -0.3 is 4.74 Å². The van der Waals surface area contributed by atoms with Crippen LogP contribution in [0, 0.1) is 0 Å². The van der Waals surface area contributed by atoms with E-state index in [-0.39, 0.29) is 19.4 Å². The molecule has 2 unspecified atom stereocenters. The smallest absolute Gasteiger partial charge is 0.159 e. The lowest BCUT2D eigenvalue weighted by Gasteiger charge is -2.12. The van der Waals surface area contributed by atoms with Gasteiger partial charge in [0.15, 0.2) is 5.82 Å². The van der Waals surface area contributed by atoms with Gasteiger partial charge in [0.25, 0.3) is 0 Å². The number of hydrogen-bond donors (Lipinski definition) is 0. The maximum Gasteiger partial charge on any atom is 0.159 e. The van der Waals surface area contributed by atoms with Gasteiger partial charge in [-0.25, -0.2) is 18.7 Å². The van der Waals surface area contributed by atoms with Crippen LogP contribution in [0.2, 0.25) is 0 Å². The van der Waals surface area contributed by atoms with E-state index in [1.807, 2.05) is 36.7 Å². The zero-order chi connectivity index (χ0) is 21.6. The molecule has 2 atom stereocenters. The third-order valence-electron chi connectivity index (χ3n) is 5.33. The molecule has 0 fully saturated rings. The topological polar surface area (TPSA) is 35.0 Å². The number of hydrogen-bond acceptors (Lipinski definition) is 3. The van der Waals surface area contributed by atoms with Crippen LogP contribution < -0.4 is 4.74 Å². The van der Waals surface area contributed by atoms with E-state index in [2.05, 4.69) is 16.9 Å². The summed E-state index contributed by atoms with van der Waals surface area (Å²) in [6.45, 7) is 4.04. The van der Waals surface area contributed by atoms with Gasteiger partial charge in [0.05, 0.1) is 6.61 Å². The average molecular weight is 419 g/mol. The molecule has 30 heavy (non-hydrogen) atoms. The predicted octanol–water partition coefficient (Wildman–Crippen LogP) is 7.29. The molecule has 0 bridgehead atoms. The third-order valence-corrected chi connectivity index (χ3v) is 5.33. The summed E-state index contributed by atoms with van der Waals surface area (Å²) in [5, 5.41) is 0. The van der Waals surface area contributed by atoms with E-state index in [9.17, 15) is 8.78 Å². The summed E-state index contributed by atoms with van der Waals surface area (Å²) in [7, 11) is 0. The van der Waals surface area contributed by atoms with E-state index in [1.165, 1.54) is 50.5 Å². The number of nitrogens with zero attached hydrogens (tertiary/aromatic N) is 2. The van der Waals surface area contributed by atoms with Crippen molar-refractivity contribution >= 4 is 0 Å². The number of ether oxygens (including phenoxy) is 1. The van der Waals surface area contributed by atoms with Gasteiger partial charge in [-0.2, -0.15) is 0 Å². The largest absolute Gasteiger partial charge is 0.493 e. The van der Waals surface area contributed by atoms with Gasteiger partial charge >= 0.3 is 0 Å². The first-order valence-electron chi connectivity index (χ1n) is 11.5. The summed E-state index contributed by atoms with van der Waals surface area (Å²) in [4.78, 5) is 8.98. The second kappa shape index (κ2) is 14.1.